The number of likely N-dealkylation sites (tertiary alicyclic amines) is 1. The Morgan fingerprint density at radius 2 is 2.14 bits per heavy atom. The van der Waals surface area contributed by atoms with Crippen LogP contribution in [0, 0.1) is 0 Å². The summed E-state index contributed by atoms with van der Waals surface area (Å²) >= 11 is 0. The summed E-state index contributed by atoms with van der Waals surface area (Å²) in [5.74, 6) is 0.756. The Bertz CT molecular complexity index is 944. The lowest BCUT2D eigenvalue weighted by Gasteiger charge is -2.34. The summed E-state index contributed by atoms with van der Waals surface area (Å²) in [6.45, 7) is 6.17. The van der Waals surface area contributed by atoms with Gasteiger partial charge in [0.05, 0.1) is 29.9 Å². The largest absolute Gasteiger partial charge is 0.507 e. The molecule has 1 fully saturated rings. The van der Waals surface area contributed by atoms with E-state index >= 15 is 0 Å². The van der Waals surface area contributed by atoms with Gasteiger partial charge in [-0.25, -0.2) is 9.97 Å². The minimum absolute atomic E-state index is 0.0889. The van der Waals surface area contributed by atoms with E-state index in [0.717, 1.165) is 23.2 Å². The number of ether oxygens (including phenoxy) is 1. The van der Waals surface area contributed by atoms with Crippen LogP contribution in [0.5, 0.6) is 5.75 Å². The molecule has 0 radical (unpaired) electrons. The number of benzene rings is 1. The maximum absolute atomic E-state index is 13.2. The summed E-state index contributed by atoms with van der Waals surface area (Å²) in [5, 5.41) is 10.6. The van der Waals surface area contributed by atoms with Crippen LogP contribution in [0.4, 0.5) is 5.95 Å². The number of hydrogen-bond donors (Lipinski definition) is 1. The summed E-state index contributed by atoms with van der Waals surface area (Å²) in [4.78, 5) is 26.2. The Hall–Kier alpha value is -2.67. The van der Waals surface area contributed by atoms with Crippen molar-refractivity contribution in [2.45, 2.75) is 38.2 Å². The highest BCUT2D eigenvalue weighted by Crippen LogP contribution is 2.40. The first-order chi connectivity index (χ1) is 13.8. The number of rotatable bonds is 3. The first-order valence-electron chi connectivity index (χ1n) is 10.0. The Morgan fingerprint density at radius 1 is 1.34 bits per heavy atom. The lowest BCUT2D eigenvalue weighted by molar-refractivity contribution is 0.0484. The van der Waals surface area contributed by atoms with Crippen molar-refractivity contribution >= 4 is 11.9 Å². The van der Waals surface area contributed by atoms with Gasteiger partial charge >= 0.3 is 0 Å². The van der Waals surface area contributed by atoms with Gasteiger partial charge in [0.25, 0.3) is 5.91 Å². The van der Waals surface area contributed by atoms with Crippen LogP contribution in [0.3, 0.4) is 0 Å². The second kappa shape index (κ2) is 7.30. The van der Waals surface area contributed by atoms with E-state index in [1.807, 2.05) is 56.1 Å². The lowest BCUT2D eigenvalue weighted by Crippen LogP contribution is -2.42. The fourth-order valence-electron chi connectivity index (χ4n) is 4.33. The molecule has 0 aliphatic carbocycles. The van der Waals surface area contributed by atoms with Gasteiger partial charge in [-0.2, -0.15) is 0 Å². The summed E-state index contributed by atoms with van der Waals surface area (Å²) in [5.41, 5.74) is 2.79. The smallest absolute Gasteiger partial charge is 0.257 e. The van der Waals surface area contributed by atoms with Crippen LogP contribution in [-0.2, 0) is 16.8 Å². The average Bonchev–Trinajstić information content (AvgIpc) is 3.12. The molecule has 4 rings (SSSR count). The average molecular weight is 396 g/mol. The molecule has 1 spiro atoms. The van der Waals surface area contributed by atoms with Gasteiger partial charge in [-0.3, -0.25) is 4.79 Å². The fourth-order valence-corrected chi connectivity index (χ4v) is 4.33. The van der Waals surface area contributed by atoms with Crippen LogP contribution in [0.25, 0.3) is 0 Å². The number of phenols is 1. The topological polar surface area (TPSA) is 78.8 Å². The number of amides is 1. The highest BCUT2D eigenvalue weighted by atomic mass is 16.5. The monoisotopic (exact) mass is 396 g/mol. The number of anilines is 1. The molecule has 2 aliphatic heterocycles. The number of aromatic hydroxyl groups is 1. The van der Waals surface area contributed by atoms with E-state index in [1.165, 1.54) is 0 Å². The number of carbonyl (C=O) groups is 1. The molecule has 29 heavy (non-hydrogen) atoms. The SMILES string of the molecule is CC(C)c1cccc(C(=O)N2CC[C@]3(COCc4cnc(N(C)C)nc43)C2)c1O. The van der Waals surface area contributed by atoms with Gasteiger partial charge in [-0.15, -0.1) is 0 Å². The third kappa shape index (κ3) is 3.33. The molecule has 7 heteroatoms. The maximum Gasteiger partial charge on any atom is 0.257 e. The van der Waals surface area contributed by atoms with E-state index in [1.54, 1.807) is 6.07 Å². The third-order valence-corrected chi connectivity index (χ3v) is 5.95. The highest BCUT2D eigenvalue weighted by molar-refractivity contribution is 5.97. The summed E-state index contributed by atoms with van der Waals surface area (Å²) in [6.07, 6.45) is 2.61. The van der Waals surface area contributed by atoms with Crippen molar-refractivity contribution in [3.8, 4) is 5.75 Å². The molecule has 1 amide bonds. The van der Waals surface area contributed by atoms with Gasteiger partial charge in [0, 0.05) is 38.9 Å². The van der Waals surface area contributed by atoms with E-state index in [4.69, 9.17) is 9.72 Å². The minimum Gasteiger partial charge on any atom is -0.507 e. The normalized spacial score (nSPS) is 20.9. The number of carbonyl (C=O) groups excluding carboxylic acids is 1. The molecule has 1 aromatic carbocycles. The van der Waals surface area contributed by atoms with Crippen LogP contribution >= 0.6 is 0 Å². The number of para-hydroxylation sites is 1. The van der Waals surface area contributed by atoms with Gasteiger partial charge in [-0.05, 0) is 24.0 Å². The van der Waals surface area contributed by atoms with Crippen molar-refractivity contribution in [3.63, 3.8) is 0 Å². The molecular formula is C22H28N4O3. The molecule has 1 N–H and O–H groups in total. The van der Waals surface area contributed by atoms with E-state index in [9.17, 15) is 9.90 Å². The second-order valence-corrected chi connectivity index (χ2v) is 8.59. The molecule has 1 atom stereocenters. The molecule has 2 aromatic rings. The molecule has 3 heterocycles. The zero-order chi connectivity index (χ0) is 20.8. The van der Waals surface area contributed by atoms with E-state index in [-0.39, 0.29) is 23.0 Å². The summed E-state index contributed by atoms with van der Waals surface area (Å²) < 4.78 is 5.86. The molecule has 2 aliphatic rings. The Labute approximate surface area is 171 Å². The molecule has 154 valence electrons. The molecule has 0 unspecified atom stereocenters. The number of hydrogen-bond acceptors (Lipinski definition) is 6. The predicted molar refractivity (Wildman–Crippen MR) is 110 cm³/mol. The van der Waals surface area contributed by atoms with Crippen molar-refractivity contribution in [1.82, 2.24) is 14.9 Å². The van der Waals surface area contributed by atoms with Gasteiger partial charge in [0.2, 0.25) is 5.95 Å². The Morgan fingerprint density at radius 3 is 2.86 bits per heavy atom. The van der Waals surface area contributed by atoms with E-state index in [2.05, 4.69) is 4.98 Å². The van der Waals surface area contributed by atoms with Crippen molar-refractivity contribution in [3.05, 3.63) is 46.8 Å². The molecule has 1 aromatic heterocycles. The van der Waals surface area contributed by atoms with E-state index in [0.29, 0.717) is 37.8 Å². The van der Waals surface area contributed by atoms with Gasteiger partial charge in [-0.1, -0.05) is 26.0 Å². The predicted octanol–water partition coefficient (Wildman–Crippen LogP) is 2.69. The van der Waals surface area contributed by atoms with Crippen molar-refractivity contribution in [2.24, 2.45) is 0 Å². The number of aromatic nitrogens is 2. The van der Waals surface area contributed by atoms with E-state index < -0.39 is 0 Å². The van der Waals surface area contributed by atoms with Crippen molar-refractivity contribution < 1.29 is 14.6 Å². The highest BCUT2D eigenvalue weighted by Gasteiger charge is 2.46. The Kier molecular flexibility index (Phi) is 4.94. The van der Waals surface area contributed by atoms with Crippen LogP contribution < -0.4 is 4.90 Å². The van der Waals surface area contributed by atoms with Crippen LogP contribution in [0.2, 0.25) is 0 Å². The molecular weight excluding hydrogens is 368 g/mol. The molecule has 7 nitrogen and oxygen atoms in total. The number of fused-ring (bicyclic) bond motifs is 2. The molecule has 1 saturated heterocycles. The zero-order valence-electron chi connectivity index (χ0n) is 17.5. The number of phenolic OH excluding ortho intramolecular Hbond substituents is 1. The summed E-state index contributed by atoms with van der Waals surface area (Å²) in [7, 11) is 3.84. The van der Waals surface area contributed by atoms with Gasteiger partial charge in [0.15, 0.2) is 0 Å². The van der Waals surface area contributed by atoms with Crippen LogP contribution in [0.1, 0.15) is 53.4 Å². The lowest BCUT2D eigenvalue weighted by atomic mass is 9.80. The quantitative estimate of drug-likeness (QED) is 0.859. The van der Waals surface area contributed by atoms with Crippen LogP contribution in [-0.4, -0.2) is 59.7 Å². The van der Waals surface area contributed by atoms with Gasteiger partial charge < -0.3 is 19.6 Å². The first-order valence-corrected chi connectivity index (χ1v) is 10.0. The maximum atomic E-state index is 13.2. The zero-order valence-corrected chi connectivity index (χ0v) is 17.5. The minimum atomic E-state index is -0.331. The molecule has 0 bridgehead atoms. The standard InChI is InChI=1S/C22H28N4O3/c1-14(2)16-6-5-7-17(18(16)27)20(28)26-9-8-22(12-26)13-29-11-15-10-23-21(25(3)4)24-19(15)22/h5-7,10,14,27H,8-9,11-13H2,1-4H3/t22-/m1/s1. The van der Waals surface area contributed by atoms with Crippen molar-refractivity contribution in [1.29, 1.82) is 0 Å². The number of nitrogens with zero attached hydrogens (tertiary/aromatic N) is 4. The van der Waals surface area contributed by atoms with Gasteiger partial charge in [0.1, 0.15) is 5.75 Å². The first kappa shape index (κ1) is 19.6. The second-order valence-electron chi connectivity index (χ2n) is 8.59. The van der Waals surface area contributed by atoms with Crippen molar-refractivity contribution in [2.75, 3.05) is 38.7 Å². The fraction of sp³-hybridized carbons (Fsp3) is 0.500. The molecule has 0 saturated carbocycles. The Balaban J connectivity index is 1.65. The third-order valence-electron chi connectivity index (χ3n) is 5.95. The van der Waals surface area contributed by atoms with Crippen LogP contribution in [0.15, 0.2) is 24.4 Å². The summed E-state index contributed by atoms with van der Waals surface area (Å²) in [6, 6.07) is 5.41.